The van der Waals surface area contributed by atoms with Crippen LogP contribution in [0.4, 0.5) is 0 Å². The fraction of sp³-hybridized carbons (Fsp3) is 0.417. The van der Waals surface area contributed by atoms with Crippen LogP contribution in [0.5, 0.6) is 0 Å². The van der Waals surface area contributed by atoms with Gasteiger partial charge in [0.05, 0.1) is 17.9 Å². The molecule has 1 saturated heterocycles. The number of amides is 1. The Kier molecular flexibility index (Phi) is 5.77. The summed E-state index contributed by atoms with van der Waals surface area (Å²) in [6.07, 6.45) is 3.75. The van der Waals surface area contributed by atoms with Crippen molar-refractivity contribution in [1.29, 1.82) is 0 Å². The summed E-state index contributed by atoms with van der Waals surface area (Å²) in [5.41, 5.74) is 2.08. The number of nitrogens with zero attached hydrogens (tertiary/aromatic N) is 2. The van der Waals surface area contributed by atoms with Crippen LogP contribution >= 0.6 is 0 Å². The van der Waals surface area contributed by atoms with Crippen LogP contribution in [0.1, 0.15) is 60.3 Å². The second kappa shape index (κ2) is 8.48. The largest absolute Gasteiger partial charge is 0.503 e. The summed E-state index contributed by atoms with van der Waals surface area (Å²) in [6, 6.07) is 10.5. The molecule has 1 fully saturated rings. The Balaban J connectivity index is 1.68. The summed E-state index contributed by atoms with van der Waals surface area (Å²) in [7, 11) is 0. The smallest absolute Gasteiger partial charge is 0.290 e. The number of benzene rings is 1. The summed E-state index contributed by atoms with van der Waals surface area (Å²) < 4.78 is 5.27. The average Bonchev–Trinajstić information content (AvgIpc) is 3.49. The van der Waals surface area contributed by atoms with Crippen LogP contribution in [-0.2, 0) is 4.79 Å². The van der Waals surface area contributed by atoms with E-state index in [1.807, 2.05) is 24.3 Å². The van der Waals surface area contributed by atoms with Crippen LogP contribution in [0.25, 0.3) is 0 Å². The van der Waals surface area contributed by atoms with Gasteiger partial charge in [0, 0.05) is 13.1 Å². The normalized spacial score (nSPS) is 20.0. The van der Waals surface area contributed by atoms with E-state index >= 15 is 0 Å². The van der Waals surface area contributed by atoms with E-state index in [1.165, 1.54) is 24.7 Å². The van der Waals surface area contributed by atoms with Crippen molar-refractivity contribution in [2.45, 2.75) is 38.6 Å². The minimum Gasteiger partial charge on any atom is -0.503 e. The molecule has 1 aromatic heterocycles. The number of aliphatic hydroxyl groups is 1. The number of likely N-dealkylation sites (tertiary alicyclic amines) is 1. The molecule has 0 bridgehead atoms. The number of rotatable bonds is 7. The van der Waals surface area contributed by atoms with Gasteiger partial charge in [0.15, 0.2) is 11.5 Å². The molecular formula is C24H28N2O4. The van der Waals surface area contributed by atoms with Crippen LogP contribution < -0.4 is 0 Å². The van der Waals surface area contributed by atoms with Gasteiger partial charge in [0.25, 0.3) is 5.91 Å². The number of hydrogen-bond donors (Lipinski definition) is 1. The quantitative estimate of drug-likeness (QED) is 0.699. The van der Waals surface area contributed by atoms with E-state index < -0.39 is 23.5 Å². The van der Waals surface area contributed by atoms with E-state index in [0.29, 0.717) is 12.5 Å². The molecule has 1 unspecified atom stereocenters. The lowest BCUT2D eigenvalue weighted by Gasteiger charge is -2.28. The predicted octanol–water partition coefficient (Wildman–Crippen LogP) is 4.08. The van der Waals surface area contributed by atoms with E-state index in [0.717, 1.165) is 25.2 Å². The molecular weight excluding hydrogens is 380 g/mol. The lowest BCUT2D eigenvalue weighted by atomic mass is 9.93. The molecule has 1 aromatic carbocycles. The van der Waals surface area contributed by atoms with Crippen molar-refractivity contribution >= 4 is 11.7 Å². The molecule has 0 radical (unpaired) electrons. The Morgan fingerprint density at radius 3 is 2.43 bits per heavy atom. The van der Waals surface area contributed by atoms with Crippen LogP contribution in [0.3, 0.4) is 0 Å². The molecule has 4 rings (SSSR count). The Labute approximate surface area is 176 Å². The molecule has 0 aliphatic carbocycles. The minimum atomic E-state index is -0.626. The Morgan fingerprint density at radius 2 is 1.83 bits per heavy atom. The first-order chi connectivity index (χ1) is 14.5. The number of aliphatic hydroxyl groups excluding tert-OH is 1. The van der Waals surface area contributed by atoms with Gasteiger partial charge in [-0.1, -0.05) is 38.1 Å². The molecule has 2 aromatic rings. The molecule has 3 heterocycles. The third kappa shape index (κ3) is 3.79. The van der Waals surface area contributed by atoms with E-state index in [9.17, 15) is 14.7 Å². The number of carbonyl (C=O) groups is 2. The van der Waals surface area contributed by atoms with Crippen LogP contribution in [0, 0.1) is 0 Å². The lowest BCUT2D eigenvalue weighted by Crippen LogP contribution is -2.37. The second-order valence-corrected chi connectivity index (χ2v) is 8.34. The first kappa shape index (κ1) is 20.4. The summed E-state index contributed by atoms with van der Waals surface area (Å²) in [5, 5.41) is 10.7. The number of hydrogen-bond acceptors (Lipinski definition) is 5. The molecule has 158 valence electrons. The van der Waals surface area contributed by atoms with Crippen LogP contribution in [0.15, 0.2) is 58.4 Å². The highest BCUT2D eigenvalue weighted by Gasteiger charge is 2.44. The van der Waals surface area contributed by atoms with Gasteiger partial charge in [-0.05, 0) is 55.1 Å². The van der Waals surface area contributed by atoms with Crippen molar-refractivity contribution in [3.8, 4) is 0 Å². The number of carbonyl (C=O) groups excluding carboxylic acids is 2. The number of Topliss-reactive ketones (excluding diaryl/α,β-unsaturated/α-hetero) is 1. The first-order valence-electron chi connectivity index (χ1n) is 10.6. The van der Waals surface area contributed by atoms with Gasteiger partial charge in [-0.25, -0.2) is 0 Å². The van der Waals surface area contributed by atoms with Gasteiger partial charge in [-0.2, -0.15) is 0 Å². The zero-order chi connectivity index (χ0) is 21.3. The Bertz CT molecular complexity index is 938. The zero-order valence-electron chi connectivity index (χ0n) is 17.5. The third-order valence-electron chi connectivity index (χ3n) is 6.07. The van der Waals surface area contributed by atoms with Crippen molar-refractivity contribution in [2.75, 3.05) is 26.2 Å². The van der Waals surface area contributed by atoms with Gasteiger partial charge in [0.1, 0.15) is 0 Å². The van der Waals surface area contributed by atoms with E-state index in [4.69, 9.17) is 4.42 Å². The standard InChI is InChI=1S/C24H28N2O4/c1-16(2)17-7-9-18(10-8-17)21-20(22(27)19-6-5-15-30-19)23(28)24(29)26(21)14-13-25-11-3-4-12-25/h5-10,15-16,21,28H,3-4,11-14H2,1-2H3. The Morgan fingerprint density at radius 1 is 1.13 bits per heavy atom. The lowest BCUT2D eigenvalue weighted by molar-refractivity contribution is -0.129. The molecule has 0 saturated carbocycles. The van der Waals surface area contributed by atoms with Crippen LogP contribution in [-0.4, -0.2) is 52.8 Å². The fourth-order valence-electron chi connectivity index (χ4n) is 4.32. The molecule has 2 aliphatic rings. The molecule has 2 aliphatic heterocycles. The van der Waals surface area contributed by atoms with Gasteiger partial charge in [0.2, 0.25) is 5.78 Å². The minimum absolute atomic E-state index is 0.0914. The topological polar surface area (TPSA) is 74.0 Å². The van der Waals surface area contributed by atoms with Gasteiger partial charge < -0.3 is 19.3 Å². The molecule has 6 heteroatoms. The zero-order valence-corrected chi connectivity index (χ0v) is 17.5. The molecule has 1 N–H and O–H groups in total. The Hall–Kier alpha value is -2.86. The first-order valence-corrected chi connectivity index (χ1v) is 10.6. The number of ketones is 1. The van der Waals surface area contributed by atoms with Gasteiger partial charge in [-0.15, -0.1) is 0 Å². The van der Waals surface area contributed by atoms with Gasteiger partial charge >= 0.3 is 0 Å². The summed E-state index contributed by atoms with van der Waals surface area (Å²) in [6.45, 7) is 7.46. The fourth-order valence-corrected chi connectivity index (χ4v) is 4.32. The molecule has 30 heavy (non-hydrogen) atoms. The molecule has 1 atom stereocenters. The van der Waals surface area contributed by atoms with Crippen molar-refractivity contribution in [2.24, 2.45) is 0 Å². The maximum Gasteiger partial charge on any atom is 0.290 e. The average molecular weight is 408 g/mol. The molecule has 6 nitrogen and oxygen atoms in total. The monoisotopic (exact) mass is 408 g/mol. The SMILES string of the molecule is CC(C)c1ccc(C2C(C(=O)c3ccco3)=C(O)C(=O)N2CCN2CCCC2)cc1. The van der Waals surface area contributed by atoms with Crippen LogP contribution in [0.2, 0.25) is 0 Å². The summed E-state index contributed by atoms with van der Waals surface area (Å²) in [4.78, 5) is 30.0. The highest BCUT2D eigenvalue weighted by atomic mass is 16.3. The predicted molar refractivity (Wildman–Crippen MR) is 113 cm³/mol. The van der Waals surface area contributed by atoms with E-state index in [1.54, 1.807) is 17.0 Å². The summed E-state index contributed by atoms with van der Waals surface area (Å²) in [5.74, 6) is -0.927. The van der Waals surface area contributed by atoms with Crippen molar-refractivity contribution < 1.29 is 19.1 Å². The maximum atomic E-state index is 13.1. The summed E-state index contributed by atoms with van der Waals surface area (Å²) >= 11 is 0. The van der Waals surface area contributed by atoms with E-state index in [-0.39, 0.29) is 11.3 Å². The second-order valence-electron chi connectivity index (χ2n) is 8.34. The maximum absolute atomic E-state index is 13.1. The van der Waals surface area contributed by atoms with E-state index in [2.05, 4.69) is 18.7 Å². The van der Waals surface area contributed by atoms with Crippen molar-refractivity contribution in [3.63, 3.8) is 0 Å². The van der Waals surface area contributed by atoms with Crippen molar-refractivity contribution in [1.82, 2.24) is 9.80 Å². The third-order valence-corrected chi connectivity index (χ3v) is 6.07. The van der Waals surface area contributed by atoms with Crippen molar-refractivity contribution in [3.05, 3.63) is 70.9 Å². The highest BCUT2D eigenvalue weighted by molar-refractivity contribution is 6.15. The molecule has 0 spiro atoms. The molecule has 1 amide bonds. The number of furan rings is 1. The highest BCUT2D eigenvalue weighted by Crippen LogP contribution is 2.39. The van der Waals surface area contributed by atoms with Gasteiger partial charge in [-0.3, -0.25) is 9.59 Å².